The predicted molar refractivity (Wildman–Crippen MR) is 206 cm³/mol. The third-order valence-corrected chi connectivity index (χ3v) is 37.2. The molecule has 0 aliphatic carbocycles. The van der Waals surface area contributed by atoms with E-state index in [0.717, 1.165) is 6.29 Å². The topological polar surface area (TPSA) is 100 Å². The molecule has 264 valence electrons. The second-order valence-electron chi connectivity index (χ2n) is 17.6. The summed E-state index contributed by atoms with van der Waals surface area (Å²) < 4.78 is 62.7. The van der Waals surface area contributed by atoms with E-state index in [1.807, 2.05) is 19.6 Å². The number of aldehydes is 1. The van der Waals surface area contributed by atoms with E-state index >= 15 is 0 Å². The van der Waals surface area contributed by atoms with Gasteiger partial charge in [0.15, 0.2) is 49.9 Å². The molecule has 10 nitrogen and oxygen atoms in total. The highest BCUT2D eigenvalue weighted by Crippen LogP contribution is 2.37. The Balaban J connectivity index is 7.75. The molecule has 0 saturated carbocycles. The van der Waals surface area contributed by atoms with Gasteiger partial charge >= 0.3 is 35.2 Å². The Morgan fingerprint density at radius 2 is 0.523 bits per heavy atom. The number of carbonyl (C=O) groups is 1. The highest BCUT2D eigenvalue weighted by Gasteiger charge is 2.63. The molecule has 0 aliphatic heterocycles. The molecule has 0 spiro atoms. The molecule has 0 atom stereocenters. The minimum atomic E-state index is -3.98. The van der Waals surface area contributed by atoms with E-state index in [-0.39, 0.29) is 12.5 Å². The molecule has 0 aromatic rings. The molecule has 0 heterocycles. The zero-order chi connectivity index (χ0) is 35.5. The fraction of sp³-hybridized carbons (Fsp3) is 0.958. The van der Waals surface area contributed by atoms with Gasteiger partial charge in [-0.05, 0) is 118 Å². The van der Waals surface area contributed by atoms with Gasteiger partial charge in [0.05, 0.1) is 0 Å². The van der Waals surface area contributed by atoms with Crippen molar-refractivity contribution in [2.75, 3.05) is 0 Å². The van der Waals surface area contributed by atoms with Crippen molar-refractivity contribution in [3.05, 3.63) is 0 Å². The summed E-state index contributed by atoms with van der Waals surface area (Å²) >= 11 is 0. The average molecular weight is 798 g/mol. The van der Waals surface area contributed by atoms with E-state index in [1.165, 1.54) is 0 Å². The van der Waals surface area contributed by atoms with Crippen molar-refractivity contribution in [2.24, 2.45) is 0 Å². The van der Waals surface area contributed by atoms with Gasteiger partial charge in [0, 0.05) is 32.1 Å². The average Bonchev–Trinajstić information content (AvgIpc) is 2.54. The summed E-state index contributed by atoms with van der Waals surface area (Å²) in [5.74, 6) is 0. The van der Waals surface area contributed by atoms with E-state index in [2.05, 4.69) is 118 Å². The Labute approximate surface area is 281 Å². The predicted octanol–water partition coefficient (Wildman–Crippen LogP) is 8.38. The van der Waals surface area contributed by atoms with Crippen LogP contribution in [0.25, 0.3) is 0 Å². The standard InChI is InChI=1S/C24H68O10Si10/c1-35(2,3)26-41(19,27-36(4,5)6)32-44(24-22-23-25,33-42(20,28-37(7,8)9)29-38(10,11)12)34-43(21,30-39(13,14)15)31-40(16,17)18/h23H,22,24H2,1-21H3. The molecule has 0 amide bonds. The van der Waals surface area contributed by atoms with E-state index in [4.69, 9.17) is 37.0 Å². The zero-order valence-electron chi connectivity index (χ0n) is 32.1. The summed E-state index contributed by atoms with van der Waals surface area (Å²) in [6.07, 6.45) is 1.04. The molecule has 0 rings (SSSR count). The van der Waals surface area contributed by atoms with Gasteiger partial charge in [-0.15, -0.1) is 0 Å². The van der Waals surface area contributed by atoms with Crippen molar-refractivity contribution >= 4 is 91.4 Å². The Morgan fingerprint density at radius 1 is 0.341 bits per heavy atom. The summed E-state index contributed by atoms with van der Waals surface area (Å²) in [4.78, 5) is 12.1. The molecule has 0 aliphatic rings. The lowest BCUT2D eigenvalue weighted by Crippen LogP contribution is -2.71. The summed E-state index contributed by atoms with van der Waals surface area (Å²) in [7, 11) is -27.5. The van der Waals surface area contributed by atoms with Gasteiger partial charge in [-0.3, -0.25) is 0 Å². The highest BCUT2D eigenvalue weighted by molar-refractivity contribution is 6.95. The monoisotopic (exact) mass is 796 g/mol. The van der Waals surface area contributed by atoms with Crippen molar-refractivity contribution in [3.8, 4) is 0 Å². The molecule has 0 saturated heterocycles. The Bertz CT molecular complexity index is 760. The van der Waals surface area contributed by atoms with Gasteiger partial charge in [0.1, 0.15) is 6.29 Å². The SMILES string of the molecule is C[Si](C)(C)O[Si](C)(O[Si](C)(C)C)O[Si](CCC=O)(O[Si](C)(O[Si](C)(C)C)O[Si](C)(C)C)O[Si](C)(O[Si](C)(C)C)O[Si](C)(C)C. The maximum absolute atomic E-state index is 12.1. The molecule has 0 aromatic carbocycles. The zero-order valence-corrected chi connectivity index (χ0v) is 42.1. The van der Waals surface area contributed by atoms with Crippen molar-refractivity contribution in [3.63, 3.8) is 0 Å². The van der Waals surface area contributed by atoms with E-state index in [1.54, 1.807) is 0 Å². The second kappa shape index (κ2) is 15.6. The van der Waals surface area contributed by atoms with Crippen LogP contribution in [-0.2, 0) is 41.8 Å². The minimum absolute atomic E-state index is 0.158. The highest BCUT2D eigenvalue weighted by atomic mass is 28.6. The molecule has 0 radical (unpaired) electrons. The van der Waals surface area contributed by atoms with Gasteiger partial charge in [-0.25, -0.2) is 0 Å². The van der Waals surface area contributed by atoms with E-state index in [0.29, 0.717) is 0 Å². The van der Waals surface area contributed by atoms with Gasteiger partial charge < -0.3 is 41.8 Å². The van der Waals surface area contributed by atoms with Crippen LogP contribution in [0.15, 0.2) is 0 Å². The van der Waals surface area contributed by atoms with Crippen molar-refractivity contribution in [2.45, 2.75) is 150 Å². The molecule has 44 heavy (non-hydrogen) atoms. The summed E-state index contributed by atoms with van der Waals surface area (Å²) in [5, 5.41) is 0. The van der Waals surface area contributed by atoms with Crippen LogP contribution in [-0.4, -0.2) is 91.4 Å². The number of rotatable bonds is 21. The third-order valence-electron chi connectivity index (χ3n) is 4.54. The van der Waals surface area contributed by atoms with E-state index < -0.39 is 85.1 Å². The first-order valence-corrected chi connectivity index (χ1v) is 44.7. The maximum Gasteiger partial charge on any atom is 0.479 e. The van der Waals surface area contributed by atoms with Gasteiger partial charge in [0.25, 0.3) is 0 Å². The normalized spacial score (nSPS) is 15.6. The van der Waals surface area contributed by atoms with E-state index in [9.17, 15) is 4.79 Å². The number of carbonyl (C=O) groups excluding carboxylic acids is 1. The Morgan fingerprint density at radius 3 is 0.659 bits per heavy atom. The lowest BCUT2D eigenvalue weighted by molar-refractivity contribution is -0.107. The van der Waals surface area contributed by atoms with Gasteiger partial charge in [-0.2, -0.15) is 0 Å². The fourth-order valence-electron chi connectivity index (χ4n) is 4.82. The van der Waals surface area contributed by atoms with Crippen LogP contribution < -0.4 is 0 Å². The van der Waals surface area contributed by atoms with Crippen LogP contribution in [0.4, 0.5) is 0 Å². The molecule has 0 N–H and O–H groups in total. The first-order valence-electron chi connectivity index (χ1n) is 15.7. The van der Waals surface area contributed by atoms with Crippen LogP contribution >= 0.6 is 0 Å². The summed E-state index contributed by atoms with van der Waals surface area (Å²) in [5.41, 5.74) is 0. The lowest BCUT2D eigenvalue weighted by Gasteiger charge is -2.49. The Kier molecular flexibility index (Phi) is 16.1. The quantitative estimate of drug-likeness (QED) is 0.0832. The summed E-state index contributed by atoms with van der Waals surface area (Å²) in [6.45, 7) is 44.0. The third kappa shape index (κ3) is 21.4. The minimum Gasteiger partial charge on any atom is -0.417 e. The van der Waals surface area contributed by atoms with Crippen molar-refractivity contribution < 1.29 is 41.8 Å². The van der Waals surface area contributed by atoms with Crippen LogP contribution in [0.1, 0.15) is 6.42 Å². The number of hydrogen-bond acceptors (Lipinski definition) is 10. The van der Waals surface area contributed by atoms with Crippen LogP contribution in [0.3, 0.4) is 0 Å². The molecular weight excluding hydrogens is 729 g/mol. The molecule has 0 fully saturated rings. The fourth-order valence-corrected chi connectivity index (χ4v) is 46.5. The van der Waals surface area contributed by atoms with Crippen LogP contribution in [0.2, 0.25) is 144 Å². The Hall–Kier alpha value is 1.48. The van der Waals surface area contributed by atoms with Gasteiger partial charge in [0.2, 0.25) is 0 Å². The molecular formula is C24H68O10Si10. The lowest BCUT2D eigenvalue weighted by atomic mass is 10.6. The van der Waals surface area contributed by atoms with Crippen molar-refractivity contribution in [1.29, 1.82) is 0 Å². The first-order chi connectivity index (χ1) is 18.9. The second-order valence-corrected chi connectivity index (χ2v) is 57.3. The van der Waals surface area contributed by atoms with Gasteiger partial charge in [-0.1, -0.05) is 0 Å². The van der Waals surface area contributed by atoms with Crippen LogP contribution in [0.5, 0.6) is 0 Å². The van der Waals surface area contributed by atoms with Crippen molar-refractivity contribution in [1.82, 2.24) is 0 Å². The molecule has 20 heteroatoms. The largest absolute Gasteiger partial charge is 0.479 e. The maximum atomic E-state index is 12.1. The molecule has 0 unspecified atom stereocenters. The van der Waals surface area contributed by atoms with Crippen LogP contribution in [0, 0.1) is 0 Å². The molecule has 0 aromatic heterocycles. The molecule has 0 bridgehead atoms. The first kappa shape index (κ1) is 45.5. The number of hydrogen-bond donors (Lipinski definition) is 0. The smallest absolute Gasteiger partial charge is 0.417 e. The summed E-state index contributed by atoms with van der Waals surface area (Å²) in [6, 6.07) is 0.197.